The molecule has 50 heavy (non-hydrogen) atoms. The van der Waals surface area contributed by atoms with Gasteiger partial charge in [0.05, 0.1) is 24.9 Å². The van der Waals surface area contributed by atoms with E-state index in [0.717, 1.165) is 41.5 Å². The van der Waals surface area contributed by atoms with Crippen LogP contribution in [0.5, 0.6) is 0 Å². The molecule has 2 aliphatic heterocycles. The number of hydrogen-bond donors (Lipinski definition) is 4. The molecule has 3 aromatic rings. The summed E-state index contributed by atoms with van der Waals surface area (Å²) >= 11 is 0. The van der Waals surface area contributed by atoms with Crippen molar-refractivity contribution in [1.29, 1.82) is 0 Å². The van der Waals surface area contributed by atoms with Crippen molar-refractivity contribution in [3.63, 3.8) is 0 Å². The van der Waals surface area contributed by atoms with Gasteiger partial charge in [-0.15, -0.1) is 0 Å². The molecule has 7 atom stereocenters. The Balaban J connectivity index is 1.22. The van der Waals surface area contributed by atoms with Gasteiger partial charge in [-0.1, -0.05) is 86.5 Å². The number of aliphatic hydroxyl groups excluding tert-OH is 1. The highest BCUT2D eigenvalue weighted by atomic mass is 16.7. The van der Waals surface area contributed by atoms with Crippen molar-refractivity contribution in [2.24, 2.45) is 11.8 Å². The Morgan fingerprint density at radius 2 is 1.54 bits per heavy atom. The predicted molar refractivity (Wildman–Crippen MR) is 195 cm³/mol. The lowest BCUT2D eigenvalue weighted by Gasteiger charge is -2.51. The summed E-state index contributed by atoms with van der Waals surface area (Å²) in [6.07, 6.45) is 5.58. The first-order valence-electron chi connectivity index (χ1n) is 18.3. The molecule has 1 saturated carbocycles. The number of carbonyl (C=O) groups is 2. The molecule has 4 N–H and O–H groups in total. The zero-order valence-electron chi connectivity index (χ0n) is 29.9. The van der Waals surface area contributed by atoms with Crippen LogP contribution < -0.4 is 16.0 Å². The second kappa shape index (κ2) is 16.1. The molecule has 9 nitrogen and oxygen atoms in total. The van der Waals surface area contributed by atoms with Crippen LogP contribution in [0, 0.1) is 11.8 Å². The van der Waals surface area contributed by atoms with Gasteiger partial charge in [0.25, 0.3) is 0 Å². The van der Waals surface area contributed by atoms with Gasteiger partial charge in [0.2, 0.25) is 5.91 Å². The Morgan fingerprint density at radius 3 is 2.24 bits per heavy atom. The maximum absolute atomic E-state index is 13.8. The van der Waals surface area contributed by atoms with Crippen LogP contribution >= 0.6 is 0 Å². The van der Waals surface area contributed by atoms with Crippen LogP contribution in [-0.2, 0) is 27.4 Å². The van der Waals surface area contributed by atoms with E-state index in [4.69, 9.17) is 9.47 Å². The second-order valence-electron chi connectivity index (χ2n) is 15.4. The smallest absolute Gasteiger partial charge is 0.319 e. The maximum atomic E-state index is 13.8. The Bertz CT molecular complexity index is 1560. The Morgan fingerprint density at radius 1 is 0.840 bits per heavy atom. The molecule has 3 fully saturated rings. The van der Waals surface area contributed by atoms with E-state index in [1.54, 1.807) is 0 Å². The Labute approximate surface area is 297 Å². The number of ether oxygens (including phenoxy) is 2. The van der Waals surface area contributed by atoms with E-state index in [2.05, 4.69) is 27.8 Å². The zero-order chi connectivity index (χ0) is 35.3. The standard InChI is InChI=1S/C41H54N4O5/c1-27-36(25-45-34-13-9-8-12-30(34)20-23-35(45)38(47)44-41(2,3)4)49-39(50-37(27)31-16-14-29(26-46)15-17-31)32-18-21-33(22-19-32)43-40(48)42-24-28-10-6-5-7-11-28/h5-7,10-11,14-19,21-22,27,30,34-37,39,46H,8-9,12-13,20,23-26H2,1-4H3,(H,44,47)(H2,42,43,48). The van der Waals surface area contributed by atoms with Crippen LogP contribution in [-0.4, -0.2) is 52.2 Å². The molecule has 6 rings (SSSR count). The van der Waals surface area contributed by atoms with Crippen LogP contribution in [0.4, 0.5) is 10.5 Å². The van der Waals surface area contributed by atoms with E-state index < -0.39 is 6.29 Å². The molecule has 9 heteroatoms. The summed E-state index contributed by atoms with van der Waals surface area (Å²) in [5.41, 5.74) is 4.11. The van der Waals surface area contributed by atoms with Crippen molar-refractivity contribution >= 4 is 17.6 Å². The summed E-state index contributed by atoms with van der Waals surface area (Å²) in [5, 5.41) is 18.8. The normalized spacial score (nSPS) is 27.2. The molecule has 0 spiro atoms. The molecule has 0 bridgehead atoms. The SMILES string of the molecule is CC1C(CN2C(C(=O)NC(C)(C)C)CCC3CCCCC32)OC(c2ccc(NC(=O)NCc3ccccc3)cc2)OC1c1ccc(CO)cc1. The third-order valence-electron chi connectivity index (χ3n) is 10.6. The molecule has 3 amide bonds. The predicted octanol–water partition coefficient (Wildman–Crippen LogP) is 7.23. The van der Waals surface area contributed by atoms with Crippen molar-refractivity contribution in [2.75, 3.05) is 11.9 Å². The molecule has 268 valence electrons. The van der Waals surface area contributed by atoms with E-state index in [1.165, 1.54) is 19.3 Å². The molecule has 0 radical (unpaired) electrons. The van der Waals surface area contributed by atoms with Crippen LogP contribution in [0.2, 0.25) is 0 Å². The number of benzene rings is 3. The van der Waals surface area contributed by atoms with Crippen LogP contribution in [0.15, 0.2) is 78.9 Å². The molecular formula is C41H54N4O5. The van der Waals surface area contributed by atoms with E-state index in [0.29, 0.717) is 30.7 Å². The van der Waals surface area contributed by atoms with Gasteiger partial charge in [0, 0.05) is 41.8 Å². The average Bonchev–Trinajstić information content (AvgIpc) is 3.12. The first kappa shape index (κ1) is 36.0. The maximum Gasteiger partial charge on any atom is 0.319 e. The minimum Gasteiger partial charge on any atom is -0.392 e. The third-order valence-corrected chi connectivity index (χ3v) is 10.6. The Hall–Kier alpha value is -3.76. The molecule has 3 aliphatic rings. The molecule has 2 saturated heterocycles. The summed E-state index contributed by atoms with van der Waals surface area (Å²) in [6, 6.07) is 25.2. The number of piperidine rings is 1. The van der Waals surface area contributed by atoms with Crippen molar-refractivity contribution < 1.29 is 24.2 Å². The number of rotatable bonds is 9. The first-order chi connectivity index (χ1) is 24.1. The van der Waals surface area contributed by atoms with Crippen LogP contribution in [0.25, 0.3) is 0 Å². The topological polar surface area (TPSA) is 112 Å². The minimum atomic E-state index is -0.645. The number of likely N-dealkylation sites (tertiary alicyclic amines) is 1. The average molecular weight is 683 g/mol. The van der Waals surface area contributed by atoms with Gasteiger partial charge in [-0.3, -0.25) is 9.69 Å². The summed E-state index contributed by atoms with van der Waals surface area (Å²) in [6.45, 7) is 9.36. The number of nitrogens with one attached hydrogen (secondary N) is 3. The lowest BCUT2D eigenvalue weighted by molar-refractivity contribution is -0.278. The number of aliphatic hydroxyl groups is 1. The zero-order valence-corrected chi connectivity index (χ0v) is 29.9. The highest BCUT2D eigenvalue weighted by Crippen LogP contribution is 2.44. The van der Waals surface area contributed by atoms with Crippen molar-refractivity contribution in [3.8, 4) is 0 Å². The fourth-order valence-corrected chi connectivity index (χ4v) is 7.94. The fourth-order valence-electron chi connectivity index (χ4n) is 7.94. The van der Waals surface area contributed by atoms with E-state index >= 15 is 0 Å². The molecule has 3 aromatic carbocycles. The minimum absolute atomic E-state index is 0.00392. The van der Waals surface area contributed by atoms with Gasteiger partial charge in [0.1, 0.15) is 0 Å². The number of hydrogen-bond acceptors (Lipinski definition) is 6. The van der Waals surface area contributed by atoms with Gasteiger partial charge in [0.15, 0.2) is 6.29 Å². The number of anilines is 1. The van der Waals surface area contributed by atoms with Gasteiger partial charge in [-0.2, -0.15) is 0 Å². The molecule has 7 unspecified atom stereocenters. The van der Waals surface area contributed by atoms with Gasteiger partial charge in [-0.25, -0.2) is 4.79 Å². The number of amides is 3. The number of nitrogens with zero attached hydrogens (tertiary/aromatic N) is 1. The largest absolute Gasteiger partial charge is 0.392 e. The lowest BCUT2D eigenvalue weighted by Crippen LogP contribution is -2.61. The molecule has 1 aliphatic carbocycles. The number of urea groups is 1. The van der Waals surface area contributed by atoms with E-state index in [1.807, 2.05) is 99.6 Å². The highest BCUT2D eigenvalue weighted by molar-refractivity contribution is 5.89. The molecular weight excluding hydrogens is 628 g/mol. The third kappa shape index (κ3) is 8.93. The van der Waals surface area contributed by atoms with E-state index in [-0.39, 0.29) is 48.3 Å². The van der Waals surface area contributed by atoms with Gasteiger partial charge >= 0.3 is 6.03 Å². The quantitative estimate of drug-likeness (QED) is 0.190. The van der Waals surface area contributed by atoms with Gasteiger partial charge < -0.3 is 30.5 Å². The highest BCUT2D eigenvalue weighted by Gasteiger charge is 2.46. The van der Waals surface area contributed by atoms with Crippen molar-refractivity contribution in [2.45, 2.75) is 115 Å². The summed E-state index contributed by atoms with van der Waals surface area (Å²) < 4.78 is 13.6. The summed E-state index contributed by atoms with van der Waals surface area (Å²) in [4.78, 5) is 28.9. The molecule has 0 aromatic heterocycles. The summed E-state index contributed by atoms with van der Waals surface area (Å²) in [5.74, 6) is 0.695. The first-order valence-corrected chi connectivity index (χ1v) is 18.3. The van der Waals surface area contributed by atoms with Crippen molar-refractivity contribution in [3.05, 3.63) is 101 Å². The lowest BCUT2D eigenvalue weighted by atomic mass is 9.75. The second-order valence-corrected chi connectivity index (χ2v) is 15.4. The molecule has 2 heterocycles. The van der Waals surface area contributed by atoms with E-state index in [9.17, 15) is 14.7 Å². The van der Waals surface area contributed by atoms with Crippen LogP contribution in [0.3, 0.4) is 0 Å². The number of carbonyl (C=O) groups excluding carboxylic acids is 2. The summed E-state index contributed by atoms with van der Waals surface area (Å²) in [7, 11) is 0. The Kier molecular flexibility index (Phi) is 11.6. The van der Waals surface area contributed by atoms with Crippen molar-refractivity contribution in [1.82, 2.24) is 15.5 Å². The van der Waals surface area contributed by atoms with Gasteiger partial charge in [-0.05, 0) is 81.2 Å². The fraction of sp³-hybridized carbons (Fsp3) is 0.512. The van der Waals surface area contributed by atoms with Crippen LogP contribution in [0.1, 0.15) is 101 Å². The number of fused-ring (bicyclic) bond motifs is 1. The monoisotopic (exact) mass is 682 g/mol.